The van der Waals surface area contributed by atoms with Crippen LogP contribution < -0.4 is 0 Å². The smallest absolute Gasteiger partial charge is 0.112 e. The average Bonchev–Trinajstić information content (AvgIpc) is 2.57. The first-order valence-electron chi connectivity index (χ1n) is 5.75. The number of nitrogens with zero attached hydrogens (tertiary/aromatic N) is 1. The van der Waals surface area contributed by atoms with Crippen molar-refractivity contribution < 1.29 is 9.59 Å². The Balaban J connectivity index is 2.63. The topological polar surface area (TPSA) is 20.2 Å². The molecular weight excluding hydrogens is 162 g/mol. The highest BCUT2D eigenvalue weighted by molar-refractivity contribution is 4.63. The summed E-state index contributed by atoms with van der Waals surface area (Å²) in [5, 5.41) is 9.36. The minimum Gasteiger partial charge on any atom is -0.390 e. The van der Waals surface area contributed by atoms with Crippen LogP contribution in [0, 0.1) is 0 Å². The van der Waals surface area contributed by atoms with E-state index in [0.717, 1.165) is 6.42 Å². The predicted octanol–water partition coefficient (Wildman–Crippen LogP) is 1.78. The van der Waals surface area contributed by atoms with E-state index in [9.17, 15) is 5.11 Å². The van der Waals surface area contributed by atoms with Crippen LogP contribution in [0.15, 0.2) is 0 Å². The summed E-state index contributed by atoms with van der Waals surface area (Å²) in [5.41, 5.74) is 0. The maximum atomic E-state index is 9.36. The Kier molecular flexibility index (Phi) is 4.20. The lowest BCUT2D eigenvalue weighted by Gasteiger charge is -2.40. The van der Waals surface area contributed by atoms with E-state index in [4.69, 9.17) is 0 Å². The molecule has 1 aliphatic heterocycles. The summed E-state index contributed by atoms with van der Waals surface area (Å²) < 4.78 is 1.20. The molecule has 1 heterocycles. The molecule has 13 heavy (non-hydrogen) atoms. The van der Waals surface area contributed by atoms with Gasteiger partial charge < -0.3 is 9.59 Å². The van der Waals surface area contributed by atoms with Crippen LogP contribution in [-0.4, -0.2) is 41.9 Å². The summed E-state index contributed by atoms with van der Waals surface area (Å²) >= 11 is 0. The molecule has 0 saturated carbocycles. The summed E-state index contributed by atoms with van der Waals surface area (Å²) in [6.45, 7) is 8.69. The van der Waals surface area contributed by atoms with E-state index < -0.39 is 0 Å². The van der Waals surface area contributed by atoms with Crippen LogP contribution in [0.25, 0.3) is 0 Å². The van der Waals surface area contributed by atoms with Crippen molar-refractivity contribution in [2.75, 3.05) is 26.2 Å². The summed E-state index contributed by atoms with van der Waals surface area (Å²) in [7, 11) is 0. The molecule has 1 N–H and O–H groups in total. The van der Waals surface area contributed by atoms with Gasteiger partial charge in [0.15, 0.2) is 0 Å². The highest BCUT2D eigenvalue weighted by Crippen LogP contribution is 2.25. The first-order chi connectivity index (χ1) is 6.29. The Bertz CT molecular complexity index is 137. The molecule has 2 nitrogen and oxygen atoms in total. The van der Waals surface area contributed by atoms with Crippen molar-refractivity contribution in [3.8, 4) is 0 Å². The number of rotatable bonds is 5. The lowest BCUT2D eigenvalue weighted by atomic mass is 10.1. The minimum atomic E-state index is 0.372. The fourth-order valence-corrected chi connectivity index (χ4v) is 2.87. The molecule has 0 aromatic heterocycles. The maximum absolute atomic E-state index is 9.36. The molecule has 1 saturated heterocycles. The monoisotopic (exact) mass is 186 g/mol. The third-order valence-corrected chi connectivity index (χ3v) is 3.58. The van der Waals surface area contributed by atoms with Gasteiger partial charge in [-0.1, -0.05) is 13.8 Å². The number of quaternary nitrogens is 1. The average molecular weight is 186 g/mol. The Hall–Kier alpha value is -0.0800. The lowest BCUT2D eigenvalue weighted by Crippen LogP contribution is -2.55. The largest absolute Gasteiger partial charge is 0.390 e. The van der Waals surface area contributed by atoms with Gasteiger partial charge in [0.05, 0.1) is 26.2 Å². The molecule has 1 aliphatic rings. The minimum absolute atomic E-state index is 0.372. The molecule has 0 aliphatic carbocycles. The Morgan fingerprint density at radius 2 is 1.85 bits per heavy atom. The maximum Gasteiger partial charge on any atom is 0.112 e. The van der Waals surface area contributed by atoms with E-state index in [1.54, 1.807) is 0 Å². The molecule has 1 fully saturated rings. The first-order valence-corrected chi connectivity index (χ1v) is 5.75. The molecule has 1 atom stereocenters. The molecule has 2 heteroatoms. The molecule has 0 aromatic carbocycles. The SMILES string of the molecule is CCC[N+]1([C@@H](CC)CO)CCCC1. The molecule has 0 unspecified atom stereocenters. The van der Waals surface area contributed by atoms with E-state index in [-0.39, 0.29) is 0 Å². The molecule has 0 radical (unpaired) electrons. The van der Waals surface area contributed by atoms with Gasteiger partial charge in [-0.15, -0.1) is 0 Å². The van der Waals surface area contributed by atoms with Crippen molar-refractivity contribution in [1.82, 2.24) is 0 Å². The van der Waals surface area contributed by atoms with Gasteiger partial charge in [0.2, 0.25) is 0 Å². The van der Waals surface area contributed by atoms with E-state index in [1.807, 2.05) is 0 Å². The standard InChI is InChI=1S/C11H24NO/c1-3-7-12(8-5-6-9-12)11(4-2)10-13/h11,13H,3-10H2,1-2H3/q+1/t11-/m0/s1. The van der Waals surface area contributed by atoms with Crippen LogP contribution in [0.4, 0.5) is 0 Å². The van der Waals surface area contributed by atoms with Crippen molar-refractivity contribution in [3.63, 3.8) is 0 Å². The van der Waals surface area contributed by atoms with Crippen molar-refractivity contribution in [2.45, 2.75) is 45.6 Å². The molecule has 0 spiro atoms. The summed E-state index contributed by atoms with van der Waals surface area (Å²) in [6, 6.07) is 0.502. The number of hydrogen-bond donors (Lipinski definition) is 1. The third kappa shape index (κ3) is 2.23. The van der Waals surface area contributed by atoms with Gasteiger partial charge in [-0.25, -0.2) is 0 Å². The van der Waals surface area contributed by atoms with Crippen molar-refractivity contribution in [1.29, 1.82) is 0 Å². The normalized spacial score (nSPS) is 23.3. The summed E-state index contributed by atoms with van der Waals surface area (Å²) in [4.78, 5) is 0. The van der Waals surface area contributed by atoms with Crippen LogP contribution in [0.5, 0.6) is 0 Å². The van der Waals surface area contributed by atoms with Crippen LogP contribution in [0.1, 0.15) is 39.5 Å². The molecular formula is C11H24NO+. The second-order valence-electron chi connectivity index (χ2n) is 4.34. The van der Waals surface area contributed by atoms with Gasteiger partial charge in [0.1, 0.15) is 6.04 Å². The van der Waals surface area contributed by atoms with E-state index in [0.29, 0.717) is 12.6 Å². The highest BCUT2D eigenvalue weighted by atomic mass is 16.3. The molecule has 0 amide bonds. The Labute approximate surface area is 82.1 Å². The van der Waals surface area contributed by atoms with Crippen molar-refractivity contribution in [3.05, 3.63) is 0 Å². The highest BCUT2D eigenvalue weighted by Gasteiger charge is 2.37. The van der Waals surface area contributed by atoms with E-state index in [2.05, 4.69) is 13.8 Å². The quantitative estimate of drug-likeness (QED) is 0.649. The van der Waals surface area contributed by atoms with Gasteiger partial charge >= 0.3 is 0 Å². The van der Waals surface area contributed by atoms with Crippen LogP contribution >= 0.6 is 0 Å². The fourth-order valence-electron chi connectivity index (χ4n) is 2.87. The molecule has 78 valence electrons. The predicted molar refractivity (Wildman–Crippen MR) is 55.6 cm³/mol. The van der Waals surface area contributed by atoms with Crippen LogP contribution in [0.2, 0.25) is 0 Å². The second-order valence-corrected chi connectivity index (χ2v) is 4.34. The fraction of sp³-hybridized carbons (Fsp3) is 1.00. The third-order valence-electron chi connectivity index (χ3n) is 3.58. The number of hydrogen-bond acceptors (Lipinski definition) is 1. The molecule has 0 bridgehead atoms. The van der Waals surface area contributed by atoms with Gasteiger partial charge in [0.25, 0.3) is 0 Å². The van der Waals surface area contributed by atoms with Gasteiger partial charge in [-0.2, -0.15) is 0 Å². The summed E-state index contributed by atoms with van der Waals surface area (Å²) in [5.74, 6) is 0. The molecule has 0 aromatic rings. The number of likely N-dealkylation sites (tertiary alicyclic amines) is 1. The van der Waals surface area contributed by atoms with Crippen LogP contribution in [0.3, 0.4) is 0 Å². The van der Waals surface area contributed by atoms with Crippen molar-refractivity contribution in [2.24, 2.45) is 0 Å². The zero-order chi connectivity index (χ0) is 9.73. The van der Waals surface area contributed by atoms with E-state index >= 15 is 0 Å². The zero-order valence-corrected chi connectivity index (χ0v) is 9.13. The van der Waals surface area contributed by atoms with Gasteiger partial charge in [0, 0.05) is 12.8 Å². The summed E-state index contributed by atoms with van der Waals surface area (Å²) in [6.07, 6.45) is 5.08. The number of aliphatic hydroxyl groups excluding tert-OH is 1. The van der Waals surface area contributed by atoms with Crippen LogP contribution in [-0.2, 0) is 0 Å². The zero-order valence-electron chi connectivity index (χ0n) is 9.13. The first kappa shape index (κ1) is 11.0. The van der Waals surface area contributed by atoms with Crippen molar-refractivity contribution >= 4 is 0 Å². The number of aliphatic hydroxyl groups is 1. The van der Waals surface area contributed by atoms with Gasteiger partial charge in [-0.3, -0.25) is 0 Å². The van der Waals surface area contributed by atoms with E-state index in [1.165, 1.54) is 43.4 Å². The molecule has 1 rings (SSSR count). The second kappa shape index (κ2) is 4.97. The Morgan fingerprint density at radius 1 is 1.23 bits per heavy atom. The Morgan fingerprint density at radius 3 is 2.23 bits per heavy atom. The lowest BCUT2D eigenvalue weighted by molar-refractivity contribution is -0.941. The van der Waals surface area contributed by atoms with Gasteiger partial charge in [-0.05, 0) is 12.8 Å².